The quantitative estimate of drug-likeness (QED) is 0.898. The van der Waals surface area contributed by atoms with Crippen LogP contribution in [0.25, 0.3) is 11.5 Å². The largest absolute Gasteiger partial charge is 0.463 e. The van der Waals surface area contributed by atoms with Gasteiger partial charge in [-0.1, -0.05) is 0 Å². The first-order chi connectivity index (χ1) is 9.76. The minimum atomic E-state index is -0.431. The number of hydrogen-bond donors (Lipinski definition) is 2. The summed E-state index contributed by atoms with van der Waals surface area (Å²) in [5.41, 5.74) is 6.24. The molecule has 2 atom stereocenters. The van der Waals surface area contributed by atoms with Crippen molar-refractivity contribution in [1.82, 2.24) is 4.98 Å². The van der Waals surface area contributed by atoms with Crippen molar-refractivity contribution in [3.8, 4) is 11.5 Å². The van der Waals surface area contributed by atoms with E-state index in [-0.39, 0.29) is 24.4 Å². The predicted molar refractivity (Wildman–Crippen MR) is 82.6 cm³/mol. The topological polar surface area (TPSA) is 90.4 Å². The summed E-state index contributed by atoms with van der Waals surface area (Å²) in [6.45, 7) is 0.448. The lowest BCUT2D eigenvalue weighted by molar-refractivity contribution is -0.126. The molecular formula is C13H16ClN3O3S. The first-order valence-electron chi connectivity index (χ1n) is 6.42. The summed E-state index contributed by atoms with van der Waals surface area (Å²) in [4.78, 5) is 16.4. The number of ether oxygens (including phenoxy) is 1. The Labute approximate surface area is 132 Å². The minimum absolute atomic E-state index is 0. The Morgan fingerprint density at radius 2 is 2.38 bits per heavy atom. The molecule has 1 aliphatic rings. The molecule has 1 fully saturated rings. The van der Waals surface area contributed by atoms with Gasteiger partial charge in [0, 0.05) is 11.9 Å². The molecule has 1 saturated heterocycles. The number of furan rings is 1. The molecule has 0 radical (unpaired) electrons. The van der Waals surface area contributed by atoms with Gasteiger partial charge >= 0.3 is 0 Å². The van der Waals surface area contributed by atoms with E-state index in [0.29, 0.717) is 29.6 Å². The average molecular weight is 330 g/mol. The molecule has 0 aliphatic carbocycles. The van der Waals surface area contributed by atoms with E-state index in [0.717, 1.165) is 6.42 Å². The molecule has 8 heteroatoms. The van der Waals surface area contributed by atoms with Crippen LogP contribution in [0.15, 0.2) is 28.2 Å². The van der Waals surface area contributed by atoms with E-state index in [1.807, 2.05) is 11.4 Å². The van der Waals surface area contributed by atoms with Gasteiger partial charge in [-0.25, -0.2) is 4.98 Å². The fraction of sp³-hybridized carbons (Fsp3) is 0.385. The Hall–Kier alpha value is -1.41. The molecule has 2 aromatic heterocycles. The molecule has 3 heterocycles. The molecule has 0 saturated carbocycles. The van der Waals surface area contributed by atoms with Crippen LogP contribution in [0, 0.1) is 0 Å². The number of hydrogen-bond acceptors (Lipinski definition) is 6. The van der Waals surface area contributed by atoms with Crippen molar-refractivity contribution in [3.63, 3.8) is 0 Å². The molecule has 114 valence electrons. The predicted octanol–water partition coefficient (Wildman–Crippen LogP) is 2.27. The molecule has 2 aromatic rings. The third kappa shape index (κ3) is 3.62. The SMILES string of the molecule is Cl.NC[C@H]1CC[C@@H](C(=O)Nc2nc(-c3ccco3)cs2)O1. The highest BCUT2D eigenvalue weighted by Gasteiger charge is 2.30. The van der Waals surface area contributed by atoms with Gasteiger partial charge in [-0.2, -0.15) is 0 Å². The van der Waals surface area contributed by atoms with Gasteiger partial charge in [0.1, 0.15) is 11.8 Å². The molecule has 6 nitrogen and oxygen atoms in total. The summed E-state index contributed by atoms with van der Waals surface area (Å²) in [5.74, 6) is 0.517. The third-order valence-electron chi connectivity index (χ3n) is 3.17. The third-order valence-corrected chi connectivity index (χ3v) is 3.93. The Kier molecular flexibility index (Phi) is 5.35. The highest BCUT2D eigenvalue weighted by molar-refractivity contribution is 7.14. The highest BCUT2D eigenvalue weighted by Crippen LogP contribution is 2.26. The number of thiazole rings is 1. The van der Waals surface area contributed by atoms with Crippen LogP contribution in [0.3, 0.4) is 0 Å². The van der Waals surface area contributed by atoms with E-state index >= 15 is 0 Å². The maximum absolute atomic E-state index is 12.0. The van der Waals surface area contributed by atoms with Crippen molar-refractivity contribution < 1.29 is 13.9 Å². The second-order valence-electron chi connectivity index (χ2n) is 4.56. The van der Waals surface area contributed by atoms with E-state index in [4.69, 9.17) is 14.9 Å². The van der Waals surface area contributed by atoms with Gasteiger partial charge < -0.3 is 14.9 Å². The second kappa shape index (κ2) is 7.04. The summed E-state index contributed by atoms with van der Waals surface area (Å²) >= 11 is 1.36. The van der Waals surface area contributed by atoms with Crippen LogP contribution in [-0.4, -0.2) is 29.6 Å². The van der Waals surface area contributed by atoms with E-state index in [9.17, 15) is 4.79 Å². The standard InChI is InChI=1S/C13H15N3O3S.ClH/c14-6-8-3-4-11(19-8)12(17)16-13-15-9(7-20-13)10-2-1-5-18-10;/h1-2,5,7-8,11H,3-4,6,14H2,(H,15,16,17);1H/t8-,11+;/m1./s1. The number of rotatable bonds is 4. The van der Waals surface area contributed by atoms with Crippen molar-refractivity contribution in [2.24, 2.45) is 5.73 Å². The number of amides is 1. The fourth-order valence-corrected chi connectivity index (χ4v) is 2.83. The molecule has 21 heavy (non-hydrogen) atoms. The Bertz CT molecular complexity index is 587. The van der Waals surface area contributed by atoms with Crippen LogP contribution in [0.5, 0.6) is 0 Å². The number of carbonyl (C=O) groups excluding carboxylic acids is 1. The molecule has 0 spiro atoms. The fourth-order valence-electron chi connectivity index (χ4n) is 2.13. The smallest absolute Gasteiger partial charge is 0.255 e. The molecule has 0 aromatic carbocycles. The number of halogens is 1. The lowest BCUT2D eigenvalue weighted by Gasteiger charge is -2.11. The van der Waals surface area contributed by atoms with Gasteiger partial charge in [0.15, 0.2) is 10.9 Å². The van der Waals surface area contributed by atoms with E-state index in [2.05, 4.69) is 10.3 Å². The van der Waals surface area contributed by atoms with Gasteiger partial charge in [-0.05, 0) is 25.0 Å². The van der Waals surface area contributed by atoms with Crippen LogP contribution < -0.4 is 11.1 Å². The number of nitrogens with zero attached hydrogens (tertiary/aromatic N) is 1. The lowest BCUT2D eigenvalue weighted by atomic mass is 10.2. The Morgan fingerprint density at radius 1 is 1.52 bits per heavy atom. The average Bonchev–Trinajstić information content (AvgIpc) is 3.19. The van der Waals surface area contributed by atoms with Crippen molar-refractivity contribution in [2.45, 2.75) is 25.0 Å². The van der Waals surface area contributed by atoms with Gasteiger partial charge in [-0.15, -0.1) is 23.7 Å². The van der Waals surface area contributed by atoms with E-state index in [1.54, 1.807) is 12.3 Å². The lowest BCUT2D eigenvalue weighted by Crippen LogP contribution is -2.29. The normalized spacial score (nSPS) is 21.0. The molecule has 3 N–H and O–H groups in total. The number of aromatic nitrogens is 1. The zero-order valence-corrected chi connectivity index (χ0v) is 12.8. The van der Waals surface area contributed by atoms with Gasteiger partial charge in [-0.3, -0.25) is 10.1 Å². The number of nitrogens with two attached hydrogens (primary N) is 1. The van der Waals surface area contributed by atoms with Crippen LogP contribution in [0.1, 0.15) is 12.8 Å². The molecular weight excluding hydrogens is 314 g/mol. The van der Waals surface area contributed by atoms with Gasteiger partial charge in [0.2, 0.25) is 0 Å². The zero-order chi connectivity index (χ0) is 13.9. The number of carbonyl (C=O) groups is 1. The van der Waals surface area contributed by atoms with Crippen LogP contribution in [0.2, 0.25) is 0 Å². The van der Waals surface area contributed by atoms with Crippen molar-refractivity contribution in [1.29, 1.82) is 0 Å². The maximum atomic E-state index is 12.0. The van der Waals surface area contributed by atoms with Crippen molar-refractivity contribution in [3.05, 3.63) is 23.8 Å². The van der Waals surface area contributed by atoms with Crippen LogP contribution >= 0.6 is 23.7 Å². The second-order valence-corrected chi connectivity index (χ2v) is 5.42. The molecule has 0 unspecified atom stereocenters. The van der Waals surface area contributed by atoms with Gasteiger partial charge in [0.05, 0.1) is 12.4 Å². The Balaban J connectivity index is 0.00000161. The zero-order valence-electron chi connectivity index (χ0n) is 11.2. The summed E-state index contributed by atoms with van der Waals surface area (Å²) < 4.78 is 10.8. The Morgan fingerprint density at radius 3 is 3.05 bits per heavy atom. The molecule has 0 bridgehead atoms. The summed E-state index contributed by atoms with van der Waals surface area (Å²) in [6.07, 6.45) is 2.67. The molecule has 1 aliphatic heterocycles. The monoisotopic (exact) mass is 329 g/mol. The molecule has 1 amide bonds. The van der Waals surface area contributed by atoms with Gasteiger partial charge in [0.25, 0.3) is 5.91 Å². The number of nitrogens with one attached hydrogen (secondary N) is 1. The van der Waals surface area contributed by atoms with Crippen LogP contribution in [0.4, 0.5) is 5.13 Å². The minimum Gasteiger partial charge on any atom is -0.463 e. The number of anilines is 1. The summed E-state index contributed by atoms with van der Waals surface area (Å²) in [7, 11) is 0. The maximum Gasteiger partial charge on any atom is 0.255 e. The first-order valence-corrected chi connectivity index (χ1v) is 7.30. The van der Waals surface area contributed by atoms with E-state index < -0.39 is 6.10 Å². The highest BCUT2D eigenvalue weighted by atomic mass is 35.5. The van der Waals surface area contributed by atoms with Crippen molar-refractivity contribution >= 4 is 34.8 Å². The van der Waals surface area contributed by atoms with Crippen molar-refractivity contribution in [2.75, 3.05) is 11.9 Å². The van der Waals surface area contributed by atoms with E-state index in [1.165, 1.54) is 11.3 Å². The first kappa shape index (κ1) is 16.0. The molecule has 3 rings (SSSR count). The summed E-state index contributed by atoms with van der Waals surface area (Å²) in [6, 6.07) is 3.62. The summed E-state index contributed by atoms with van der Waals surface area (Å²) in [5, 5.41) is 5.15. The van der Waals surface area contributed by atoms with Crippen LogP contribution in [-0.2, 0) is 9.53 Å².